The Labute approximate surface area is 135 Å². The number of rotatable bonds is 5. The van der Waals surface area contributed by atoms with E-state index < -0.39 is 0 Å². The van der Waals surface area contributed by atoms with E-state index >= 15 is 0 Å². The lowest BCUT2D eigenvalue weighted by atomic mass is 10.2. The third-order valence-electron chi connectivity index (χ3n) is 3.87. The number of ether oxygens (including phenoxy) is 1. The molecule has 22 heavy (non-hydrogen) atoms. The third-order valence-corrected chi connectivity index (χ3v) is 4.10. The molecular weight excluding hydrogens is 296 g/mol. The number of fused-ring (bicyclic) bond motifs is 1. The molecule has 0 aliphatic heterocycles. The molecule has 0 N–H and O–H groups in total. The quantitative estimate of drug-likeness (QED) is 0.644. The highest BCUT2D eigenvalue weighted by Gasteiger charge is 2.15. The minimum Gasteiger partial charge on any atom is -0.486 e. The van der Waals surface area contributed by atoms with Crippen LogP contribution in [0.25, 0.3) is 11.0 Å². The standard InChI is InChI=1S/C18H19ClN2O/c1-3-13(2)21-17-11-14(19)9-10-16(17)20-18(21)12-22-15-7-5-4-6-8-15/h4-11,13H,3,12H2,1-2H3. The Bertz CT molecular complexity index is 767. The number of para-hydroxylation sites is 1. The van der Waals surface area contributed by atoms with Gasteiger partial charge < -0.3 is 9.30 Å². The molecule has 1 aromatic heterocycles. The zero-order valence-corrected chi connectivity index (χ0v) is 13.5. The van der Waals surface area contributed by atoms with E-state index in [1.165, 1.54) is 0 Å². The third kappa shape index (κ3) is 2.95. The van der Waals surface area contributed by atoms with Crippen LogP contribution in [-0.2, 0) is 6.61 Å². The number of imidazole rings is 1. The van der Waals surface area contributed by atoms with E-state index in [0.29, 0.717) is 12.6 Å². The fraction of sp³-hybridized carbons (Fsp3) is 0.278. The van der Waals surface area contributed by atoms with Crippen LogP contribution in [0, 0.1) is 0 Å². The second-order valence-corrected chi connectivity index (χ2v) is 5.83. The Morgan fingerprint density at radius 2 is 1.95 bits per heavy atom. The number of nitrogens with zero attached hydrogens (tertiary/aromatic N) is 2. The van der Waals surface area contributed by atoms with E-state index in [1.54, 1.807) is 0 Å². The summed E-state index contributed by atoms with van der Waals surface area (Å²) in [7, 11) is 0. The Balaban J connectivity index is 1.97. The molecule has 1 unspecified atom stereocenters. The van der Waals surface area contributed by atoms with Gasteiger partial charge >= 0.3 is 0 Å². The fourth-order valence-corrected chi connectivity index (χ4v) is 2.72. The summed E-state index contributed by atoms with van der Waals surface area (Å²) in [5, 5.41) is 0.729. The van der Waals surface area contributed by atoms with Crippen molar-refractivity contribution in [3.05, 3.63) is 59.4 Å². The second-order valence-electron chi connectivity index (χ2n) is 5.39. The summed E-state index contributed by atoms with van der Waals surface area (Å²) in [5.41, 5.74) is 2.02. The first-order valence-corrected chi connectivity index (χ1v) is 7.91. The van der Waals surface area contributed by atoms with Gasteiger partial charge in [0, 0.05) is 11.1 Å². The van der Waals surface area contributed by atoms with Gasteiger partial charge in [0.1, 0.15) is 18.2 Å². The predicted octanol–water partition coefficient (Wildman–Crippen LogP) is 5.24. The molecule has 4 heteroatoms. The molecule has 2 aromatic carbocycles. The lowest BCUT2D eigenvalue weighted by molar-refractivity contribution is 0.286. The molecule has 0 saturated carbocycles. The summed E-state index contributed by atoms with van der Waals surface area (Å²) < 4.78 is 8.10. The Hall–Kier alpha value is -2.00. The largest absolute Gasteiger partial charge is 0.486 e. The van der Waals surface area contributed by atoms with Gasteiger partial charge in [-0.15, -0.1) is 0 Å². The topological polar surface area (TPSA) is 27.1 Å². The summed E-state index contributed by atoms with van der Waals surface area (Å²) in [6.45, 7) is 4.80. The van der Waals surface area contributed by atoms with Gasteiger partial charge in [-0.05, 0) is 43.7 Å². The summed E-state index contributed by atoms with van der Waals surface area (Å²) in [6.07, 6.45) is 1.02. The lowest BCUT2D eigenvalue weighted by Crippen LogP contribution is -2.11. The van der Waals surface area contributed by atoms with E-state index in [-0.39, 0.29) is 0 Å². The Kier molecular flexibility index (Phi) is 4.34. The molecule has 3 rings (SSSR count). The molecule has 0 radical (unpaired) electrons. The maximum Gasteiger partial charge on any atom is 0.148 e. The number of halogens is 1. The molecule has 0 amide bonds. The highest BCUT2D eigenvalue weighted by molar-refractivity contribution is 6.31. The van der Waals surface area contributed by atoms with Crippen molar-refractivity contribution in [3.8, 4) is 5.75 Å². The van der Waals surface area contributed by atoms with Gasteiger partial charge in [-0.25, -0.2) is 4.98 Å². The van der Waals surface area contributed by atoms with Gasteiger partial charge in [0.15, 0.2) is 0 Å². The summed E-state index contributed by atoms with van der Waals surface area (Å²) in [6, 6.07) is 16.0. The van der Waals surface area contributed by atoms with Crippen LogP contribution in [-0.4, -0.2) is 9.55 Å². The first-order chi connectivity index (χ1) is 10.7. The van der Waals surface area contributed by atoms with Crippen molar-refractivity contribution in [3.63, 3.8) is 0 Å². The first kappa shape index (κ1) is 14.9. The molecule has 0 saturated heterocycles. The number of aromatic nitrogens is 2. The van der Waals surface area contributed by atoms with Crippen LogP contribution < -0.4 is 4.74 Å². The van der Waals surface area contributed by atoms with Crippen molar-refractivity contribution in [2.75, 3.05) is 0 Å². The van der Waals surface area contributed by atoms with Gasteiger partial charge in [0.25, 0.3) is 0 Å². The maximum atomic E-state index is 6.15. The van der Waals surface area contributed by atoms with Crippen molar-refractivity contribution in [2.45, 2.75) is 32.9 Å². The van der Waals surface area contributed by atoms with Crippen LogP contribution in [0.2, 0.25) is 5.02 Å². The van der Waals surface area contributed by atoms with E-state index in [0.717, 1.165) is 34.1 Å². The van der Waals surface area contributed by atoms with Crippen molar-refractivity contribution in [2.24, 2.45) is 0 Å². The van der Waals surface area contributed by atoms with Gasteiger partial charge in [0.05, 0.1) is 11.0 Å². The zero-order chi connectivity index (χ0) is 15.5. The van der Waals surface area contributed by atoms with E-state index in [1.807, 2.05) is 48.5 Å². The Morgan fingerprint density at radius 3 is 2.68 bits per heavy atom. The normalized spacial score (nSPS) is 12.5. The molecule has 0 bridgehead atoms. The van der Waals surface area contributed by atoms with Crippen LogP contribution in [0.15, 0.2) is 48.5 Å². The molecule has 0 aliphatic carbocycles. The minimum atomic E-state index is 0.345. The highest BCUT2D eigenvalue weighted by atomic mass is 35.5. The molecule has 1 heterocycles. The van der Waals surface area contributed by atoms with E-state index in [2.05, 4.69) is 18.4 Å². The fourth-order valence-electron chi connectivity index (χ4n) is 2.56. The highest BCUT2D eigenvalue weighted by Crippen LogP contribution is 2.26. The average Bonchev–Trinajstić information content (AvgIpc) is 2.90. The number of hydrogen-bond donors (Lipinski definition) is 0. The molecule has 3 nitrogen and oxygen atoms in total. The van der Waals surface area contributed by atoms with Crippen LogP contribution >= 0.6 is 11.6 Å². The molecule has 3 aromatic rings. The van der Waals surface area contributed by atoms with Crippen molar-refractivity contribution in [1.29, 1.82) is 0 Å². The monoisotopic (exact) mass is 314 g/mol. The van der Waals surface area contributed by atoms with Gasteiger partial charge in [-0.2, -0.15) is 0 Å². The van der Waals surface area contributed by atoms with Crippen LogP contribution in [0.5, 0.6) is 5.75 Å². The van der Waals surface area contributed by atoms with Crippen molar-refractivity contribution < 1.29 is 4.74 Å². The molecule has 0 fully saturated rings. The maximum absolute atomic E-state index is 6.15. The summed E-state index contributed by atoms with van der Waals surface area (Å²) in [4.78, 5) is 4.72. The first-order valence-electron chi connectivity index (χ1n) is 7.53. The number of benzene rings is 2. The van der Waals surface area contributed by atoms with Gasteiger partial charge in [0.2, 0.25) is 0 Å². The second kappa shape index (κ2) is 6.41. The molecule has 0 spiro atoms. The van der Waals surface area contributed by atoms with E-state index in [9.17, 15) is 0 Å². The summed E-state index contributed by atoms with van der Waals surface area (Å²) in [5.74, 6) is 1.78. The molecule has 1 atom stereocenters. The lowest BCUT2D eigenvalue weighted by Gasteiger charge is -2.16. The molecule has 114 valence electrons. The van der Waals surface area contributed by atoms with Gasteiger partial charge in [-0.3, -0.25) is 0 Å². The number of hydrogen-bond acceptors (Lipinski definition) is 2. The zero-order valence-electron chi connectivity index (χ0n) is 12.8. The van der Waals surface area contributed by atoms with E-state index in [4.69, 9.17) is 21.3 Å². The minimum absolute atomic E-state index is 0.345. The SMILES string of the molecule is CCC(C)n1c(COc2ccccc2)nc2ccc(Cl)cc21. The molecular formula is C18H19ClN2O. The van der Waals surface area contributed by atoms with Crippen LogP contribution in [0.1, 0.15) is 32.1 Å². The van der Waals surface area contributed by atoms with Gasteiger partial charge in [-0.1, -0.05) is 36.7 Å². The predicted molar refractivity (Wildman–Crippen MR) is 90.5 cm³/mol. The van der Waals surface area contributed by atoms with Crippen molar-refractivity contribution >= 4 is 22.6 Å². The molecule has 0 aliphatic rings. The smallest absolute Gasteiger partial charge is 0.148 e. The Morgan fingerprint density at radius 1 is 1.18 bits per heavy atom. The van der Waals surface area contributed by atoms with Crippen LogP contribution in [0.3, 0.4) is 0 Å². The van der Waals surface area contributed by atoms with Crippen LogP contribution in [0.4, 0.5) is 0 Å². The average molecular weight is 315 g/mol. The summed E-state index contributed by atoms with van der Waals surface area (Å²) >= 11 is 6.15. The van der Waals surface area contributed by atoms with Crippen molar-refractivity contribution in [1.82, 2.24) is 9.55 Å².